The van der Waals surface area contributed by atoms with Gasteiger partial charge in [0.2, 0.25) is 0 Å². The topological polar surface area (TPSA) is 21.3 Å². The standard InChI is InChI=1S/C18H22ClNO/c1-13(2)11-16(14-7-5-4-6-8-14)20-17-12-15(19)9-10-18(17)21-3/h4-10,12-13,16,20H,11H2,1-3H3. The summed E-state index contributed by atoms with van der Waals surface area (Å²) in [5.41, 5.74) is 2.20. The summed E-state index contributed by atoms with van der Waals surface area (Å²) in [6.07, 6.45) is 1.04. The van der Waals surface area contributed by atoms with Gasteiger partial charge in [0, 0.05) is 5.02 Å². The van der Waals surface area contributed by atoms with Crippen LogP contribution in [-0.4, -0.2) is 7.11 Å². The fourth-order valence-corrected chi connectivity index (χ4v) is 2.59. The molecule has 21 heavy (non-hydrogen) atoms. The smallest absolute Gasteiger partial charge is 0.142 e. The first kappa shape index (κ1) is 15.7. The van der Waals surface area contributed by atoms with Crippen molar-refractivity contribution in [1.29, 1.82) is 0 Å². The average molecular weight is 304 g/mol. The Morgan fingerprint density at radius 3 is 2.43 bits per heavy atom. The van der Waals surface area contributed by atoms with E-state index in [2.05, 4.69) is 43.4 Å². The molecular weight excluding hydrogens is 282 g/mol. The molecule has 2 aromatic carbocycles. The average Bonchev–Trinajstić information content (AvgIpc) is 2.47. The Morgan fingerprint density at radius 1 is 1.10 bits per heavy atom. The van der Waals surface area contributed by atoms with Crippen LogP contribution in [0.25, 0.3) is 0 Å². The van der Waals surface area contributed by atoms with Crippen molar-refractivity contribution in [3.05, 3.63) is 59.1 Å². The van der Waals surface area contributed by atoms with Crippen molar-refractivity contribution in [2.24, 2.45) is 5.92 Å². The zero-order valence-corrected chi connectivity index (χ0v) is 13.5. The van der Waals surface area contributed by atoms with Gasteiger partial charge >= 0.3 is 0 Å². The van der Waals surface area contributed by atoms with Crippen molar-refractivity contribution in [2.45, 2.75) is 26.3 Å². The van der Waals surface area contributed by atoms with Gasteiger partial charge in [-0.25, -0.2) is 0 Å². The molecule has 2 rings (SSSR count). The molecule has 1 atom stereocenters. The Bertz CT molecular complexity index is 569. The van der Waals surface area contributed by atoms with Gasteiger partial charge in [0.05, 0.1) is 18.8 Å². The maximum absolute atomic E-state index is 6.11. The largest absolute Gasteiger partial charge is 0.495 e. The van der Waals surface area contributed by atoms with Crippen molar-refractivity contribution in [3.8, 4) is 5.75 Å². The van der Waals surface area contributed by atoms with Crippen molar-refractivity contribution in [3.63, 3.8) is 0 Å². The van der Waals surface area contributed by atoms with Gasteiger partial charge in [-0.3, -0.25) is 0 Å². The molecule has 0 radical (unpaired) electrons. The molecule has 0 amide bonds. The lowest BCUT2D eigenvalue weighted by Gasteiger charge is -2.23. The van der Waals surface area contributed by atoms with E-state index in [1.54, 1.807) is 7.11 Å². The molecule has 0 aliphatic rings. The summed E-state index contributed by atoms with van der Waals surface area (Å²) in [5, 5.41) is 4.28. The van der Waals surface area contributed by atoms with Gasteiger partial charge in [-0.2, -0.15) is 0 Å². The normalized spacial score (nSPS) is 12.2. The van der Waals surface area contributed by atoms with Gasteiger partial charge in [0.25, 0.3) is 0 Å². The third kappa shape index (κ3) is 4.40. The van der Waals surface area contributed by atoms with Crippen molar-refractivity contribution in [1.82, 2.24) is 0 Å². The SMILES string of the molecule is COc1ccc(Cl)cc1NC(CC(C)C)c1ccccc1. The lowest BCUT2D eigenvalue weighted by Crippen LogP contribution is -2.14. The molecule has 0 bridgehead atoms. The molecule has 0 saturated carbocycles. The number of halogens is 1. The van der Waals surface area contributed by atoms with E-state index in [4.69, 9.17) is 16.3 Å². The van der Waals surface area contributed by atoms with Gasteiger partial charge in [0.15, 0.2) is 0 Å². The van der Waals surface area contributed by atoms with Crippen LogP contribution in [0.5, 0.6) is 5.75 Å². The predicted octanol–water partition coefficient (Wildman–Crippen LogP) is 5.55. The molecule has 1 unspecified atom stereocenters. The van der Waals surface area contributed by atoms with Crippen LogP contribution in [0.2, 0.25) is 5.02 Å². The van der Waals surface area contributed by atoms with Gasteiger partial charge in [-0.15, -0.1) is 0 Å². The molecule has 0 spiro atoms. The fourth-order valence-electron chi connectivity index (χ4n) is 2.42. The second-order valence-corrected chi connectivity index (χ2v) is 6.02. The summed E-state index contributed by atoms with van der Waals surface area (Å²) in [5.74, 6) is 1.40. The van der Waals surface area contributed by atoms with Gasteiger partial charge in [-0.1, -0.05) is 55.8 Å². The lowest BCUT2D eigenvalue weighted by molar-refractivity contribution is 0.415. The van der Waals surface area contributed by atoms with E-state index >= 15 is 0 Å². The number of hydrogen-bond acceptors (Lipinski definition) is 2. The van der Waals surface area contributed by atoms with Gasteiger partial charge in [-0.05, 0) is 36.1 Å². The molecule has 0 fully saturated rings. The van der Waals surface area contributed by atoms with Crippen LogP contribution in [-0.2, 0) is 0 Å². The number of hydrogen-bond donors (Lipinski definition) is 1. The maximum atomic E-state index is 6.11. The van der Waals surface area contributed by atoms with Crippen LogP contribution in [0, 0.1) is 5.92 Å². The van der Waals surface area contributed by atoms with Crippen molar-refractivity contribution < 1.29 is 4.74 Å². The number of nitrogens with one attached hydrogen (secondary N) is 1. The zero-order chi connectivity index (χ0) is 15.2. The number of methoxy groups -OCH3 is 1. The molecular formula is C18H22ClNO. The molecule has 2 aromatic rings. The summed E-state index contributed by atoms with van der Waals surface area (Å²) < 4.78 is 5.42. The second kappa shape index (κ2) is 7.37. The second-order valence-electron chi connectivity index (χ2n) is 5.58. The molecule has 1 N–H and O–H groups in total. The van der Waals surface area contributed by atoms with Crippen LogP contribution in [0.15, 0.2) is 48.5 Å². The van der Waals surface area contributed by atoms with E-state index in [1.165, 1.54) is 5.56 Å². The minimum Gasteiger partial charge on any atom is -0.495 e. The van der Waals surface area contributed by atoms with E-state index in [1.807, 2.05) is 24.3 Å². The first-order chi connectivity index (χ1) is 10.1. The highest BCUT2D eigenvalue weighted by Crippen LogP contribution is 2.33. The molecule has 3 heteroatoms. The Hall–Kier alpha value is -1.67. The predicted molar refractivity (Wildman–Crippen MR) is 90.3 cm³/mol. The van der Waals surface area contributed by atoms with E-state index in [9.17, 15) is 0 Å². The Kier molecular flexibility index (Phi) is 5.51. The highest BCUT2D eigenvalue weighted by molar-refractivity contribution is 6.30. The highest BCUT2D eigenvalue weighted by atomic mass is 35.5. The first-order valence-corrected chi connectivity index (χ1v) is 7.63. The monoisotopic (exact) mass is 303 g/mol. The Balaban J connectivity index is 2.29. The van der Waals surface area contributed by atoms with Gasteiger partial charge in [0.1, 0.15) is 5.75 Å². The third-order valence-electron chi connectivity index (χ3n) is 3.40. The van der Waals surface area contributed by atoms with E-state index < -0.39 is 0 Å². The third-order valence-corrected chi connectivity index (χ3v) is 3.64. The van der Waals surface area contributed by atoms with Gasteiger partial charge < -0.3 is 10.1 Å². The molecule has 112 valence electrons. The lowest BCUT2D eigenvalue weighted by atomic mass is 9.96. The molecule has 0 aromatic heterocycles. The number of ether oxygens (including phenoxy) is 1. The van der Waals surface area contributed by atoms with Crippen molar-refractivity contribution >= 4 is 17.3 Å². The molecule has 0 aliphatic carbocycles. The van der Waals surface area contributed by atoms with E-state index in [0.717, 1.165) is 17.9 Å². The van der Waals surface area contributed by atoms with Crippen LogP contribution < -0.4 is 10.1 Å². The molecule has 2 nitrogen and oxygen atoms in total. The molecule has 0 aliphatic heterocycles. The number of anilines is 1. The van der Waals surface area contributed by atoms with Crippen LogP contribution in [0.3, 0.4) is 0 Å². The summed E-state index contributed by atoms with van der Waals surface area (Å²) in [6.45, 7) is 4.46. The quantitative estimate of drug-likeness (QED) is 0.755. The van der Waals surface area contributed by atoms with Crippen LogP contribution in [0.4, 0.5) is 5.69 Å². The molecule has 0 saturated heterocycles. The minimum atomic E-state index is 0.235. The zero-order valence-electron chi connectivity index (χ0n) is 12.8. The van der Waals surface area contributed by atoms with Crippen molar-refractivity contribution in [2.75, 3.05) is 12.4 Å². The number of benzene rings is 2. The van der Waals surface area contributed by atoms with Crippen LogP contribution in [0.1, 0.15) is 31.9 Å². The summed E-state index contributed by atoms with van der Waals surface area (Å²) in [6, 6.07) is 16.4. The van der Waals surface area contributed by atoms with E-state index in [0.29, 0.717) is 10.9 Å². The number of rotatable bonds is 6. The Morgan fingerprint density at radius 2 is 1.81 bits per heavy atom. The summed E-state index contributed by atoms with van der Waals surface area (Å²) >= 11 is 6.11. The molecule has 0 heterocycles. The summed E-state index contributed by atoms with van der Waals surface area (Å²) in [4.78, 5) is 0. The minimum absolute atomic E-state index is 0.235. The van der Waals surface area contributed by atoms with E-state index in [-0.39, 0.29) is 6.04 Å². The maximum Gasteiger partial charge on any atom is 0.142 e. The fraction of sp³-hybridized carbons (Fsp3) is 0.333. The first-order valence-electron chi connectivity index (χ1n) is 7.25. The summed E-state index contributed by atoms with van der Waals surface area (Å²) in [7, 11) is 1.67. The van der Waals surface area contributed by atoms with Crippen LogP contribution >= 0.6 is 11.6 Å². The highest BCUT2D eigenvalue weighted by Gasteiger charge is 2.15. The Labute approximate surface area is 132 Å².